The van der Waals surface area contributed by atoms with Gasteiger partial charge < -0.3 is 16.8 Å². The molecule has 140 valence electrons. The van der Waals surface area contributed by atoms with Crippen LogP contribution in [-0.2, 0) is 0 Å². The van der Waals surface area contributed by atoms with Crippen LogP contribution in [0.3, 0.4) is 0 Å². The molecule has 1 rings (SSSR count). The van der Waals surface area contributed by atoms with Gasteiger partial charge in [-0.05, 0) is 24.6 Å². The van der Waals surface area contributed by atoms with E-state index in [1.54, 1.807) is 18.2 Å². The van der Waals surface area contributed by atoms with E-state index < -0.39 is 0 Å². The first-order valence-electron chi connectivity index (χ1n) is 8.89. The van der Waals surface area contributed by atoms with Crippen LogP contribution >= 0.6 is 23.2 Å². The van der Waals surface area contributed by atoms with Gasteiger partial charge in [0.05, 0.1) is 10.0 Å². The average Bonchev–Trinajstić information content (AvgIpc) is 2.56. The normalized spacial score (nSPS) is 12.4. The molecule has 0 atom stereocenters. The average molecular weight is 386 g/mol. The number of halogens is 2. The molecule has 0 unspecified atom stereocenters. The van der Waals surface area contributed by atoms with E-state index in [0.29, 0.717) is 22.3 Å². The Balaban J connectivity index is 2.26. The number of hydrogen-bond donors (Lipinski definition) is 3. The summed E-state index contributed by atoms with van der Waals surface area (Å²) in [5, 5.41) is 3.82. The van der Waals surface area contributed by atoms with Crippen molar-refractivity contribution in [2.24, 2.45) is 21.5 Å². The highest BCUT2D eigenvalue weighted by atomic mass is 35.5. The van der Waals surface area contributed by atoms with Gasteiger partial charge in [0.2, 0.25) is 11.9 Å². The van der Waals surface area contributed by atoms with Gasteiger partial charge in [-0.15, -0.1) is 0 Å². The van der Waals surface area contributed by atoms with Crippen LogP contribution < -0.4 is 16.8 Å². The Labute approximate surface area is 160 Å². The third-order valence-electron chi connectivity index (χ3n) is 3.71. The zero-order valence-electron chi connectivity index (χ0n) is 14.9. The summed E-state index contributed by atoms with van der Waals surface area (Å²) in [5.41, 5.74) is 12.3. The van der Waals surface area contributed by atoms with Crippen LogP contribution in [0, 0.1) is 0 Å². The minimum Gasteiger partial charge on any atom is -0.369 e. The zero-order chi connectivity index (χ0) is 18.5. The van der Waals surface area contributed by atoms with Gasteiger partial charge in [-0.25, -0.2) is 0 Å². The Kier molecular flexibility index (Phi) is 11.1. The quantitative estimate of drug-likeness (QED) is 0.294. The monoisotopic (exact) mass is 385 g/mol. The maximum absolute atomic E-state index is 5.95. The number of hydrogen-bond acceptors (Lipinski definition) is 1. The molecule has 0 heterocycles. The second-order valence-corrected chi connectivity index (χ2v) is 6.78. The van der Waals surface area contributed by atoms with Crippen molar-refractivity contribution >= 4 is 40.8 Å². The van der Waals surface area contributed by atoms with Gasteiger partial charge in [0.1, 0.15) is 0 Å². The Morgan fingerprint density at radius 3 is 2.24 bits per heavy atom. The summed E-state index contributed by atoms with van der Waals surface area (Å²) >= 11 is 11.8. The molecule has 0 bridgehead atoms. The van der Waals surface area contributed by atoms with Crippen molar-refractivity contribution in [2.45, 2.75) is 58.3 Å². The van der Waals surface area contributed by atoms with Crippen LogP contribution in [0.4, 0.5) is 5.69 Å². The minimum atomic E-state index is 0.163. The van der Waals surface area contributed by atoms with Crippen LogP contribution in [0.15, 0.2) is 28.2 Å². The number of unbranched alkanes of at least 4 members (excludes halogenated alkanes) is 7. The Bertz CT molecular complexity index is 573. The molecular weight excluding hydrogens is 357 g/mol. The fourth-order valence-corrected chi connectivity index (χ4v) is 2.65. The van der Waals surface area contributed by atoms with E-state index in [1.807, 2.05) is 0 Å². The molecule has 0 aliphatic rings. The van der Waals surface area contributed by atoms with Gasteiger partial charge in [-0.1, -0.05) is 75.1 Å². The number of guanidine groups is 2. The zero-order valence-corrected chi connectivity index (χ0v) is 16.4. The first-order valence-corrected chi connectivity index (χ1v) is 9.64. The smallest absolute Gasteiger partial charge is 0.218 e. The number of nitrogens with one attached hydrogen (secondary N) is 1. The Hall–Kier alpha value is -1.46. The van der Waals surface area contributed by atoms with E-state index in [0.717, 1.165) is 6.42 Å². The lowest BCUT2D eigenvalue weighted by Crippen LogP contribution is -2.26. The van der Waals surface area contributed by atoms with Crippen molar-refractivity contribution in [1.82, 2.24) is 0 Å². The van der Waals surface area contributed by atoms with Gasteiger partial charge in [-0.2, -0.15) is 4.99 Å². The first-order chi connectivity index (χ1) is 12.0. The fraction of sp³-hybridized carbons (Fsp3) is 0.556. The van der Waals surface area contributed by atoms with Crippen LogP contribution in [0.25, 0.3) is 0 Å². The molecule has 25 heavy (non-hydrogen) atoms. The number of benzene rings is 1. The molecule has 0 fully saturated rings. The van der Waals surface area contributed by atoms with Crippen LogP contribution in [0.5, 0.6) is 0 Å². The predicted octanol–water partition coefficient (Wildman–Crippen LogP) is 5.18. The summed E-state index contributed by atoms with van der Waals surface area (Å²) in [6, 6.07) is 5.10. The van der Waals surface area contributed by atoms with Gasteiger partial charge >= 0.3 is 0 Å². The van der Waals surface area contributed by atoms with Crippen molar-refractivity contribution in [3.8, 4) is 0 Å². The van der Waals surface area contributed by atoms with E-state index >= 15 is 0 Å². The van der Waals surface area contributed by atoms with Gasteiger partial charge in [0.25, 0.3) is 0 Å². The molecule has 5 nitrogen and oxygen atoms in total. The summed E-state index contributed by atoms with van der Waals surface area (Å²) in [7, 11) is 0. The maximum atomic E-state index is 5.95. The van der Waals surface area contributed by atoms with E-state index in [2.05, 4.69) is 22.2 Å². The van der Waals surface area contributed by atoms with Crippen LogP contribution in [0.2, 0.25) is 10.0 Å². The Morgan fingerprint density at radius 1 is 0.960 bits per heavy atom. The third-order valence-corrected chi connectivity index (χ3v) is 4.45. The van der Waals surface area contributed by atoms with Crippen molar-refractivity contribution in [1.29, 1.82) is 0 Å². The molecule has 0 saturated carbocycles. The molecule has 0 aromatic heterocycles. The molecule has 0 aliphatic carbocycles. The second kappa shape index (κ2) is 12.8. The first kappa shape index (κ1) is 21.6. The number of rotatable bonds is 10. The highest BCUT2D eigenvalue weighted by Crippen LogP contribution is 2.24. The molecule has 0 amide bonds. The lowest BCUT2D eigenvalue weighted by Gasteiger charge is -2.06. The highest BCUT2D eigenvalue weighted by molar-refractivity contribution is 6.42. The third kappa shape index (κ3) is 10.2. The molecule has 1 aromatic rings. The summed E-state index contributed by atoms with van der Waals surface area (Å²) in [4.78, 5) is 8.25. The summed E-state index contributed by atoms with van der Waals surface area (Å²) in [5.74, 6) is 0.337. The predicted molar refractivity (Wildman–Crippen MR) is 111 cm³/mol. The van der Waals surface area contributed by atoms with Gasteiger partial charge in [0.15, 0.2) is 0 Å². The number of nitrogens with zero attached hydrogens (tertiary/aromatic N) is 2. The lowest BCUT2D eigenvalue weighted by atomic mass is 10.1. The fourth-order valence-electron chi connectivity index (χ4n) is 2.35. The van der Waals surface area contributed by atoms with E-state index in [1.165, 1.54) is 44.9 Å². The Morgan fingerprint density at radius 2 is 1.60 bits per heavy atom. The van der Waals surface area contributed by atoms with Crippen molar-refractivity contribution in [2.75, 3.05) is 11.9 Å². The maximum Gasteiger partial charge on any atom is 0.218 e. The molecule has 0 radical (unpaired) electrons. The molecule has 5 N–H and O–H groups in total. The summed E-state index contributed by atoms with van der Waals surface area (Å²) < 4.78 is 0. The van der Waals surface area contributed by atoms with Crippen molar-refractivity contribution < 1.29 is 0 Å². The lowest BCUT2D eigenvalue weighted by molar-refractivity contribution is 0.578. The van der Waals surface area contributed by atoms with E-state index in [4.69, 9.17) is 34.7 Å². The molecule has 0 aliphatic heterocycles. The molecule has 0 spiro atoms. The topological polar surface area (TPSA) is 88.8 Å². The molecule has 0 saturated heterocycles. The van der Waals surface area contributed by atoms with Gasteiger partial charge in [0, 0.05) is 12.2 Å². The number of aliphatic imine (C=N–C) groups is 2. The second-order valence-electron chi connectivity index (χ2n) is 5.97. The van der Waals surface area contributed by atoms with Crippen molar-refractivity contribution in [3.05, 3.63) is 28.2 Å². The summed E-state index contributed by atoms with van der Waals surface area (Å²) in [6.07, 6.45) is 10.1. The summed E-state index contributed by atoms with van der Waals surface area (Å²) in [6.45, 7) is 2.90. The van der Waals surface area contributed by atoms with Crippen molar-refractivity contribution in [3.63, 3.8) is 0 Å². The minimum absolute atomic E-state index is 0.163. The number of anilines is 1. The van der Waals surface area contributed by atoms with Crippen LogP contribution in [-0.4, -0.2) is 18.5 Å². The molecule has 7 heteroatoms. The molecular formula is C18H29Cl2N5. The van der Waals surface area contributed by atoms with Crippen LogP contribution in [0.1, 0.15) is 58.3 Å². The van der Waals surface area contributed by atoms with E-state index in [9.17, 15) is 0 Å². The standard InChI is InChI=1S/C18H29Cl2N5/c1-2-3-4-5-6-7-8-9-12-23-17(21)25-18(22)24-14-10-11-15(19)16(20)13-14/h10-11,13H,2-9,12H2,1H3,(H5,21,22,23,24,25). The SMILES string of the molecule is CCCCCCCCCCN=C(N)/N=C(\N)Nc1ccc(Cl)c(Cl)c1. The largest absolute Gasteiger partial charge is 0.369 e. The highest BCUT2D eigenvalue weighted by Gasteiger charge is 2.01. The number of nitrogens with two attached hydrogens (primary N) is 2. The van der Waals surface area contributed by atoms with E-state index in [-0.39, 0.29) is 11.9 Å². The molecule has 1 aromatic carbocycles. The van der Waals surface area contributed by atoms with Gasteiger partial charge in [-0.3, -0.25) is 4.99 Å².